The van der Waals surface area contributed by atoms with E-state index >= 15 is 0 Å². The molecule has 2 aromatic carbocycles. The molecule has 0 amide bonds. The summed E-state index contributed by atoms with van der Waals surface area (Å²) in [6, 6.07) is 9.70. The van der Waals surface area contributed by atoms with Crippen molar-refractivity contribution in [1.29, 1.82) is 0 Å². The molecule has 0 saturated carbocycles. The van der Waals surface area contributed by atoms with Crippen LogP contribution in [0.25, 0.3) is 22.8 Å². The second kappa shape index (κ2) is 9.14. The minimum Gasteiger partial charge on any atom is -0.479 e. The monoisotopic (exact) mass is 539 g/mol. The Morgan fingerprint density at radius 3 is 2.42 bits per heavy atom. The van der Waals surface area contributed by atoms with Gasteiger partial charge in [-0.1, -0.05) is 41.4 Å². The third-order valence-electron chi connectivity index (χ3n) is 5.31. The van der Waals surface area contributed by atoms with Gasteiger partial charge in [0.1, 0.15) is 16.7 Å². The van der Waals surface area contributed by atoms with Crippen LogP contribution in [0.4, 0.5) is 13.2 Å². The highest BCUT2D eigenvalue weighted by Crippen LogP contribution is 2.39. The van der Waals surface area contributed by atoms with Gasteiger partial charge in [-0.25, -0.2) is 9.78 Å². The molecule has 0 aliphatic heterocycles. The Kier molecular flexibility index (Phi) is 6.48. The molecule has 0 atom stereocenters. The van der Waals surface area contributed by atoms with Crippen LogP contribution in [0, 0.1) is 0 Å². The number of carboxylic acids is 1. The molecular weight excluding hydrogens is 522 g/mol. The molecular formula is C23H18Cl2F3N5O3. The van der Waals surface area contributed by atoms with Crippen LogP contribution < -0.4 is 4.74 Å². The number of rotatable bonds is 6. The number of benzene rings is 2. The zero-order valence-electron chi connectivity index (χ0n) is 19.0. The van der Waals surface area contributed by atoms with Crippen molar-refractivity contribution in [1.82, 2.24) is 24.7 Å². The van der Waals surface area contributed by atoms with Gasteiger partial charge in [-0.3, -0.25) is 0 Å². The van der Waals surface area contributed by atoms with Crippen molar-refractivity contribution >= 4 is 29.2 Å². The summed E-state index contributed by atoms with van der Waals surface area (Å²) in [5.41, 5.74) is -2.23. The number of hydrogen-bond acceptors (Lipinski definition) is 5. The zero-order chi connectivity index (χ0) is 26.4. The third kappa shape index (κ3) is 4.76. The molecule has 0 radical (unpaired) electrons. The van der Waals surface area contributed by atoms with Crippen LogP contribution in [-0.4, -0.2) is 35.8 Å². The van der Waals surface area contributed by atoms with Crippen molar-refractivity contribution in [2.75, 3.05) is 0 Å². The molecule has 4 aromatic rings. The number of alkyl halides is 3. The van der Waals surface area contributed by atoms with E-state index in [1.807, 2.05) is 0 Å². The largest absolute Gasteiger partial charge is 0.479 e. The molecule has 0 spiro atoms. The standard InChI is InChI=1S/C23H18Cl2F3N5O3/c1-22(2,21-32-31-19(33(21)3)12-6-4-5-7-14(12)23(26,27)28)36-15-9-8-11(24)10-13(15)18-29-16(20(34)35)17(25)30-18/h4-10H,1-3H3,(H,29,30)(H,34,35). The number of carboxylic acid groups (broad SMARTS) is 1. The molecule has 188 valence electrons. The van der Waals surface area contributed by atoms with Gasteiger partial charge in [0.2, 0.25) is 0 Å². The summed E-state index contributed by atoms with van der Waals surface area (Å²) in [5.74, 6) is -0.734. The van der Waals surface area contributed by atoms with E-state index in [9.17, 15) is 23.1 Å². The predicted molar refractivity (Wildman–Crippen MR) is 126 cm³/mol. The van der Waals surface area contributed by atoms with E-state index in [2.05, 4.69) is 20.2 Å². The lowest BCUT2D eigenvalue weighted by Crippen LogP contribution is -2.29. The molecule has 36 heavy (non-hydrogen) atoms. The summed E-state index contributed by atoms with van der Waals surface area (Å²) in [6.07, 6.45) is -4.58. The maximum absolute atomic E-state index is 13.6. The molecule has 0 aliphatic rings. The molecule has 0 bridgehead atoms. The van der Waals surface area contributed by atoms with Crippen molar-refractivity contribution in [2.45, 2.75) is 25.6 Å². The number of nitrogens with one attached hydrogen (secondary N) is 1. The topological polar surface area (TPSA) is 106 Å². The lowest BCUT2D eigenvalue weighted by molar-refractivity contribution is -0.137. The summed E-state index contributed by atoms with van der Waals surface area (Å²) in [7, 11) is 1.54. The smallest absolute Gasteiger partial charge is 0.417 e. The molecule has 4 rings (SSSR count). The molecule has 2 heterocycles. The normalized spacial score (nSPS) is 12.1. The minimum absolute atomic E-state index is 0.00912. The summed E-state index contributed by atoms with van der Waals surface area (Å²) in [4.78, 5) is 18.1. The zero-order valence-corrected chi connectivity index (χ0v) is 20.5. The van der Waals surface area contributed by atoms with Gasteiger partial charge in [0.05, 0.1) is 11.1 Å². The number of hydrogen-bond donors (Lipinski definition) is 2. The number of imidazole rings is 1. The Morgan fingerprint density at radius 1 is 1.08 bits per heavy atom. The molecule has 2 N–H and O–H groups in total. The minimum atomic E-state index is -4.58. The highest BCUT2D eigenvalue weighted by molar-refractivity contribution is 6.32. The summed E-state index contributed by atoms with van der Waals surface area (Å²) < 4.78 is 48.3. The number of ether oxygens (including phenoxy) is 1. The quantitative estimate of drug-likeness (QED) is 0.301. The molecule has 0 fully saturated rings. The number of halogens is 5. The van der Waals surface area contributed by atoms with Gasteiger partial charge in [0, 0.05) is 17.6 Å². The third-order valence-corrected chi connectivity index (χ3v) is 5.82. The number of H-pyrrole nitrogens is 1. The lowest BCUT2D eigenvalue weighted by atomic mass is 10.1. The van der Waals surface area contributed by atoms with Crippen LogP contribution in [0.15, 0.2) is 42.5 Å². The van der Waals surface area contributed by atoms with E-state index < -0.39 is 23.3 Å². The molecule has 13 heteroatoms. The molecule has 0 saturated heterocycles. The first-order chi connectivity index (χ1) is 16.8. The number of carbonyl (C=O) groups is 1. The van der Waals surface area contributed by atoms with Gasteiger partial charge >= 0.3 is 12.1 Å². The maximum Gasteiger partial charge on any atom is 0.417 e. The lowest BCUT2D eigenvalue weighted by Gasteiger charge is -2.26. The van der Waals surface area contributed by atoms with Crippen LogP contribution in [0.3, 0.4) is 0 Å². The Labute approximate surface area is 212 Å². The second-order valence-electron chi connectivity index (χ2n) is 8.26. The fraction of sp³-hybridized carbons (Fsp3) is 0.217. The number of aromatic amines is 1. The molecule has 8 nitrogen and oxygen atoms in total. The Bertz CT molecular complexity index is 1460. The summed E-state index contributed by atoms with van der Waals surface area (Å²) in [6.45, 7) is 3.32. The SMILES string of the molecule is Cn1c(-c2ccccc2C(F)(F)F)nnc1C(C)(C)Oc1ccc(Cl)cc1-c1nc(C(=O)O)c(Cl)[nH]1. The fourth-order valence-corrected chi connectivity index (χ4v) is 4.12. The van der Waals surface area contributed by atoms with Crippen LogP contribution in [-0.2, 0) is 18.8 Å². The van der Waals surface area contributed by atoms with Crippen molar-refractivity contribution in [3.8, 4) is 28.5 Å². The van der Waals surface area contributed by atoms with Gasteiger partial charge in [0.15, 0.2) is 22.9 Å². The molecule has 2 aromatic heterocycles. The van der Waals surface area contributed by atoms with Crippen molar-refractivity contribution in [3.63, 3.8) is 0 Å². The van der Waals surface area contributed by atoms with Crippen molar-refractivity contribution in [3.05, 3.63) is 69.7 Å². The van der Waals surface area contributed by atoms with Crippen LogP contribution in [0.5, 0.6) is 5.75 Å². The van der Waals surface area contributed by atoms with Crippen LogP contribution >= 0.6 is 23.2 Å². The molecule has 0 aliphatic carbocycles. The van der Waals surface area contributed by atoms with E-state index in [0.29, 0.717) is 10.6 Å². The van der Waals surface area contributed by atoms with E-state index in [0.717, 1.165) is 6.07 Å². The second-order valence-corrected chi connectivity index (χ2v) is 9.07. The number of aromatic carboxylic acids is 1. The van der Waals surface area contributed by atoms with Crippen molar-refractivity contribution in [2.24, 2.45) is 7.05 Å². The summed E-state index contributed by atoms with van der Waals surface area (Å²) in [5, 5.41) is 17.5. The first kappa shape index (κ1) is 25.5. The van der Waals surface area contributed by atoms with E-state index in [4.69, 9.17) is 27.9 Å². The first-order valence-electron chi connectivity index (χ1n) is 10.3. The summed E-state index contributed by atoms with van der Waals surface area (Å²) >= 11 is 12.1. The Morgan fingerprint density at radius 2 is 1.78 bits per heavy atom. The predicted octanol–water partition coefficient (Wildman–Crippen LogP) is 6.21. The number of aromatic nitrogens is 5. The highest BCUT2D eigenvalue weighted by Gasteiger charge is 2.36. The van der Waals surface area contributed by atoms with E-state index in [1.165, 1.54) is 35.9 Å². The van der Waals surface area contributed by atoms with Gasteiger partial charge in [-0.05, 0) is 38.1 Å². The maximum atomic E-state index is 13.6. The van der Waals surface area contributed by atoms with Crippen LogP contribution in [0.1, 0.15) is 35.7 Å². The average molecular weight is 540 g/mol. The van der Waals surface area contributed by atoms with Crippen LogP contribution in [0.2, 0.25) is 10.2 Å². The van der Waals surface area contributed by atoms with Gasteiger partial charge in [-0.2, -0.15) is 13.2 Å². The van der Waals surface area contributed by atoms with E-state index in [-0.39, 0.29) is 39.6 Å². The number of nitrogens with zero attached hydrogens (tertiary/aromatic N) is 4. The van der Waals surface area contributed by atoms with Crippen molar-refractivity contribution < 1.29 is 27.8 Å². The van der Waals surface area contributed by atoms with E-state index in [1.54, 1.807) is 26.0 Å². The fourth-order valence-electron chi connectivity index (χ4n) is 3.73. The first-order valence-corrected chi connectivity index (χ1v) is 11.1. The Balaban J connectivity index is 1.75. The molecule has 0 unspecified atom stereocenters. The van der Waals surface area contributed by atoms with Gasteiger partial charge in [0.25, 0.3) is 0 Å². The van der Waals surface area contributed by atoms with Gasteiger partial charge < -0.3 is 19.4 Å². The average Bonchev–Trinajstić information content (AvgIpc) is 3.37. The Hall–Kier alpha value is -3.57. The highest BCUT2D eigenvalue weighted by atomic mass is 35.5. The van der Waals surface area contributed by atoms with Gasteiger partial charge in [-0.15, -0.1) is 10.2 Å².